The van der Waals surface area contributed by atoms with Crippen LogP contribution in [0.25, 0.3) is 66.4 Å². The van der Waals surface area contributed by atoms with Crippen LogP contribution in [0.15, 0.2) is 322 Å². The Morgan fingerprint density at radius 1 is 0.215 bits per heavy atom. The summed E-state index contributed by atoms with van der Waals surface area (Å²) in [6.07, 6.45) is 0. The highest BCUT2D eigenvalue weighted by Crippen LogP contribution is 2.62. The van der Waals surface area contributed by atoms with Gasteiger partial charge >= 0.3 is 0 Å². The van der Waals surface area contributed by atoms with Crippen molar-refractivity contribution in [2.24, 2.45) is 0 Å². The number of nitrogens with zero attached hydrogens (tertiary/aromatic N) is 1. The molecule has 0 heterocycles. The molecule has 13 aromatic carbocycles. The minimum atomic E-state index is -0.638. The minimum absolute atomic E-state index is 0.638. The van der Waals surface area contributed by atoms with Crippen LogP contribution in [-0.2, 0) is 10.8 Å². The van der Waals surface area contributed by atoms with E-state index in [-0.39, 0.29) is 0 Å². The first-order valence-corrected chi connectivity index (χ1v) is 27.5. The van der Waals surface area contributed by atoms with Gasteiger partial charge in [-0.15, -0.1) is 0 Å². The number of hydrogen-bond acceptors (Lipinski definition) is 1. The molecule has 2 aliphatic carbocycles. The summed E-state index contributed by atoms with van der Waals surface area (Å²) in [4.78, 5) is 2.51. The van der Waals surface area contributed by atoms with E-state index in [2.05, 4.69) is 326 Å². The van der Waals surface area contributed by atoms with Crippen LogP contribution in [-0.4, -0.2) is 0 Å². The maximum atomic E-state index is 2.51. The van der Waals surface area contributed by atoms with Gasteiger partial charge < -0.3 is 4.90 Å². The molecule has 0 N–H and O–H groups in total. The molecule has 0 saturated heterocycles. The van der Waals surface area contributed by atoms with Crippen molar-refractivity contribution in [1.29, 1.82) is 0 Å². The number of fused-ring (bicyclic) bond motifs is 7. The van der Waals surface area contributed by atoms with Crippen molar-refractivity contribution in [3.05, 3.63) is 366 Å². The molecule has 0 aliphatic heterocycles. The van der Waals surface area contributed by atoms with Gasteiger partial charge in [0.25, 0.3) is 0 Å². The average molecular weight is 1000 g/mol. The minimum Gasteiger partial charge on any atom is -0.310 e. The predicted molar refractivity (Wildman–Crippen MR) is 330 cm³/mol. The third kappa shape index (κ3) is 7.17. The quantitative estimate of drug-likeness (QED) is 0.132. The highest BCUT2D eigenvalue weighted by molar-refractivity contribution is 6.00. The van der Waals surface area contributed by atoms with E-state index in [1.165, 1.54) is 111 Å². The third-order valence-corrected chi connectivity index (χ3v) is 17.0. The summed E-state index contributed by atoms with van der Waals surface area (Å²) in [5.41, 5.74) is 24.2. The third-order valence-electron chi connectivity index (χ3n) is 17.0. The van der Waals surface area contributed by atoms with Crippen LogP contribution in [0.4, 0.5) is 17.1 Å². The zero-order chi connectivity index (χ0) is 52.3. The van der Waals surface area contributed by atoms with E-state index in [1.54, 1.807) is 0 Å². The van der Waals surface area contributed by atoms with Crippen molar-refractivity contribution >= 4 is 27.8 Å². The number of anilines is 3. The first-order chi connectivity index (χ1) is 39.2. The van der Waals surface area contributed by atoms with Crippen molar-refractivity contribution in [3.8, 4) is 55.6 Å². The Hall–Kier alpha value is -10.1. The first kappa shape index (κ1) is 46.2. The van der Waals surface area contributed by atoms with Gasteiger partial charge in [0.15, 0.2) is 0 Å². The molecule has 0 amide bonds. The largest absolute Gasteiger partial charge is 0.310 e. The molecule has 0 saturated carbocycles. The lowest BCUT2D eigenvalue weighted by molar-refractivity contribution is 0.767. The van der Waals surface area contributed by atoms with E-state index < -0.39 is 10.8 Å². The van der Waals surface area contributed by atoms with Crippen molar-refractivity contribution < 1.29 is 0 Å². The van der Waals surface area contributed by atoms with Crippen molar-refractivity contribution in [1.82, 2.24) is 0 Å². The molecule has 13 aromatic rings. The second kappa shape index (κ2) is 18.9. The highest BCUT2D eigenvalue weighted by atomic mass is 15.1. The Balaban J connectivity index is 1.02. The lowest BCUT2D eigenvalue weighted by atomic mass is 9.67. The van der Waals surface area contributed by atoms with Gasteiger partial charge in [-0.05, 0) is 147 Å². The second-order valence-electron chi connectivity index (χ2n) is 21.0. The maximum Gasteiger partial charge on any atom is 0.0714 e. The summed E-state index contributed by atoms with van der Waals surface area (Å²) in [5, 5.41) is 2.47. The molecule has 370 valence electrons. The number of benzene rings is 13. The lowest BCUT2D eigenvalue weighted by Gasteiger charge is -2.36. The number of hydrogen-bond donors (Lipinski definition) is 0. The van der Waals surface area contributed by atoms with Crippen LogP contribution >= 0.6 is 0 Å². The highest BCUT2D eigenvalue weighted by Gasteiger charge is 2.49. The van der Waals surface area contributed by atoms with Crippen LogP contribution in [0.3, 0.4) is 0 Å². The zero-order valence-electron chi connectivity index (χ0n) is 43.5. The molecule has 1 nitrogen and oxygen atoms in total. The number of rotatable bonds is 10. The molecule has 0 atom stereocenters. The average Bonchev–Trinajstić information content (AvgIpc) is 2.92. The molecule has 0 fully saturated rings. The van der Waals surface area contributed by atoms with Crippen LogP contribution < -0.4 is 4.90 Å². The van der Waals surface area contributed by atoms with Gasteiger partial charge in [-0.1, -0.05) is 285 Å². The summed E-state index contributed by atoms with van der Waals surface area (Å²) in [7, 11) is 0. The molecule has 0 bridgehead atoms. The molecular formula is C78H53N. The van der Waals surface area contributed by atoms with Crippen molar-refractivity contribution in [3.63, 3.8) is 0 Å². The smallest absolute Gasteiger partial charge is 0.0714 e. The monoisotopic (exact) mass is 1000 g/mol. The standard InChI is InChI=1S/C78H53N/c1-7-24-55(25-8-1)67-40-22-42-71-75(67)69-50-48-63(52-73(69)77(71,58-30-11-3-12-31-58)59-32-13-4-14-33-59)79(62-46-44-57(45-47-62)66-39-21-29-54-28-19-20-38-65(54)66)64-49-51-70-74(53-64)78(60-34-15-5-16-35-60,61-36-17-6-18-37-61)72-43-23-41-68(76(70)72)56-26-9-2-10-27-56/h1-53H. The van der Waals surface area contributed by atoms with E-state index in [0.29, 0.717) is 0 Å². The molecule has 1 heteroatoms. The fourth-order valence-electron chi connectivity index (χ4n) is 13.8. The molecule has 0 radical (unpaired) electrons. The Bertz CT molecular complexity index is 4070. The Morgan fingerprint density at radius 3 is 1.00 bits per heavy atom. The topological polar surface area (TPSA) is 3.24 Å². The maximum absolute atomic E-state index is 2.51. The van der Waals surface area contributed by atoms with Crippen molar-refractivity contribution in [2.75, 3.05) is 4.90 Å². The molecule has 0 aromatic heterocycles. The second-order valence-corrected chi connectivity index (χ2v) is 21.0. The summed E-state index contributed by atoms with van der Waals surface area (Å²) < 4.78 is 0. The lowest BCUT2D eigenvalue weighted by Crippen LogP contribution is -2.29. The molecule has 15 rings (SSSR count). The van der Waals surface area contributed by atoms with Crippen LogP contribution in [0.5, 0.6) is 0 Å². The van der Waals surface area contributed by atoms with Crippen molar-refractivity contribution in [2.45, 2.75) is 10.8 Å². The van der Waals surface area contributed by atoms with E-state index in [9.17, 15) is 0 Å². The van der Waals surface area contributed by atoms with E-state index in [1.807, 2.05) is 0 Å². The van der Waals surface area contributed by atoms with Gasteiger partial charge in [-0.3, -0.25) is 0 Å². The molecule has 0 unspecified atom stereocenters. The van der Waals surface area contributed by atoms with Gasteiger partial charge in [0, 0.05) is 17.1 Å². The van der Waals surface area contributed by atoms with E-state index in [0.717, 1.165) is 17.1 Å². The van der Waals surface area contributed by atoms with Crippen LogP contribution in [0.1, 0.15) is 44.5 Å². The molecule has 79 heavy (non-hydrogen) atoms. The van der Waals surface area contributed by atoms with E-state index in [4.69, 9.17) is 0 Å². The predicted octanol–water partition coefficient (Wildman–Crippen LogP) is 20.0. The van der Waals surface area contributed by atoms with Gasteiger partial charge in [0.2, 0.25) is 0 Å². The summed E-state index contributed by atoms with van der Waals surface area (Å²) in [6.45, 7) is 0. The van der Waals surface area contributed by atoms with E-state index >= 15 is 0 Å². The normalized spacial score (nSPS) is 13.3. The Morgan fingerprint density at radius 2 is 0.557 bits per heavy atom. The summed E-state index contributed by atoms with van der Waals surface area (Å²) >= 11 is 0. The molecular weight excluding hydrogens is 951 g/mol. The zero-order valence-corrected chi connectivity index (χ0v) is 43.5. The van der Waals surface area contributed by atoms with Gasteiger partial charge in [0.1, 0.15) is 0 Å². The van der Waals surface area contributed by atoms with Crippen LogP contribution in [0, 0.1) is 0 Å². The van der Waals surface area contributed by atoms with Crippen LogP contribution in [0.2, 0.25) is 0 Å². The van der Waals surface area contributed by atoms with Gasteiger partial charge in [0.05, 0.1) is 10.8 Å². The first-order valence-electron chi connectivity index (χ1n) is 27.5. The fraction of sp³-hybridized carbons (Fsp3) is 0.0256. The summed E-state index contributed by atoms with van der Waals surface area (Å²) in [6, 6.07) is 120. The Kier molecular flexibility index (Phi) is 11.1. The SMILES string of the molecule is c1ccc(-c2cccc3c2-c2ccc(N(c4ccc(-c5cccc6ccccc56)cc4)c4ccc5c(c4)C(c4ccccc4)(c4ccccc4)c4cccc(-c6ccccc6)c4-5)cc2C3(c2ccccc2)c2ccccc2)cc1. The summed E-state index contributed by atoms with van der Waals surface area (Å²) in [5.74, 6) is 0. The molecule has 0 spiro atoms. The Labute approximate surface area is 462 Å². The fourth-order valence-corrected chi connectivity index (χ4v) is 13.8. The molecule has 2 aliphatic rings. The van der Waals surface area contributed by atoms with Gasteiger partial charge in [-0.25, -0.2) is 0 Å². The van der Waals surface area contributed by atoms with Gasteiger partial charge in [-0.2, -0.15) is 0 Å².